The van der Waals surface area contributed by atoms with Crippen molar-refractivity contribution < 1.29 is 22.7 Å². The number of sulfonamides is 1. The molecule has 1 aromatic carbocycles. The Morgan fingerprint density at radius 3 is 2.51 bits per heavy atom. The first kappa shape index (κ1) is 25.7. The lowest BCUT2D eigenvalue weighted by molar-refractivity contribution is -0.130. The largest absolute Gasteiger partial charge is 0.379 e. The van der Waals surface area contributed by atoms with Gasteiger partial charge in [-0.05, 0) is 43.7 Å². The minimum Gasteiger partial charge on any atom is -0.379 e. The molecule has 35 heavy (non-hydrogen) atoms. The van der Waals surface area contributed by atoms with Gasteiger partial charge in [0.05, 0.1) is 24.5 Å². The molecule has 2 N–H and O–H groups in total. The zero-order valence-corrected chi connectivity index (χ0v) is 21.5. The molecule has 1 aromatic rings. The lowest BCUT2D eigenvalue weighted by Gasteiger charge is -2.47. The molecule has 0 radical (unpaired) electrons. The van der Waals surface area contributed by atoms with E-state index in [-0.39, 0.29) is 28.7 Å². The van der Waals surface area contributed by atoms with Gasteiger partial charge in [-0.15, -0.1) is 0 Å². The highest BCUT2D eigenvalue weighted by molar-refractivity contribution is 7.89. The number of carbonyl (C=O) groups excluding carboxylic acids is 2. The van der Waals surface area contributed by atoms with Gasteiger partial charge in [0.25, 0.3) is 10.0 Å². The van der Waals surface area contributed by atoms with Gasteiger partial charge in [0.1, 0.15) is 6.04 Å². The van der Waals surface area contributed by atoms with Crippen LogP contribution in [0.25, 0.3) is 0 Å². The summed E-state index contributed by atoms with van der Waals surface area (Å²) in [5.74, 6) is -0.846. The van der Waals surface area contributed by atoms with Crippen molar-refractivity contribution in [3.8, 4) is 0 Å². The van der Waals surface area contributed by atoms with Crippen LogP contribution < -0.4 is 10.6 Å². The van der Waals surface area contributed by atoms with E-state index in [9.17, 15) is 18.0 Å². The second kappa shape index (κ2) is 10.3. The van der Waals surface area contributed by atoms with Gasteiger partial charge in [-0.1, -0.05) is 31.5 Å². The average Bonchev–Trinajstić information content (AvgIpc) is 2.82. The Hall–Kier alpha value is -2.43. The van der Waals surface area contributed by atoms with Crippen molar-refractivity contribution in [1.82, 2.24) is 19.8 Å². The Bertz CT molecular complexity index is 1060. The van der Waals surface area contributed by atoms with Gasteiger partial charge in [0.15, 0.2) is 0 Å². The fourth-order valence-corrected chi connectivity index (χ4v) is 6.77. The van der Waals surface area contributed by atoms with E-state index in [1.54, 1.807) is 12.1 Å². The normalized spacial score (nSPS) is 27.3. The molecule has 0 unspecified atom stereocenters. The van der Waals surface area contributed by atoms with E-state index in [0.717, 1.165) is 55.4 Å². The lowest BCUT2D eigenvalue weighted by atomic mass is 9.70. The fraction of sp³-hybridized carbons (Fsp3) is 0.600. The Kier molecular flexibility index (Phi) is 7.54. The summed E-state index contributed by atoms with van der Waals surface area (Å²) in [6, 6.07) is 5.70. The van der Waals surface area contributed by atoms with E-state index in [1.807, 2.05) is 6.92 Å². The number of rotatable bonds is 6. The van der Waals surface area contributed by atoms with Crippen LogP contribution >= 0.6 is 0 Å². The van der Waals surface area contributed by atoms with Crippen LogP contribution in [-0.2, 0) is 24.3 Å². The van der Waals surface area contributed by atoms with E-state index >= 15 is 0 Å². The standard InChI is InChI=1S/C25H36N4O5S/c1-18-4-7-20(8-5-18)35(32,33)29-11-10-26-24(31)21(29)16-23(30)27-22-9-6-19(17-25(22,2)3)28-12-14-34-15-13-28/h4-5,7-8,10-11,19,21-22H,6,9,12-17H2,1-3H3,(H,26,31)(H,27,30)/t19-,21+,22+/m0/s1. The van der Waals surface area contributed by atoms with Gasteiger partial charge >= 0.3 is 0 Å². The third kappa shape index (κ3) is 5.70. The van der Waals surface area contributed by atoms with Gasteiger partial charge in [0.2, 0.25) is 11.8 Å². The van der Waals surface area contributed by atoms with E-state index in [0.29, 0.717) is 6.04 Å². The number of morpholine rings is 1. The molecule has 1 aliphatic carbocycles. The summed E-state index contributed by atoms with van der Waals surface area (Å²) in [5.41, 5.74) is 0.803. The summed E-state index contributed by atoms with van der Waals surface area (Å²) in [6.07, 6.45) is 5.13. The van der Waals surface area contributed by atoms with Crippen molar-refractivity contribution in [2.24, 2.45) is 5.41 Å². The van der Waals surface area contributed by atoms with Crippen molar-refractivity contribution in [1.29, 1.82) is 0 Å². The van der Waals surface area contributed by atoms with Crippen molar-refractivity contribution in [2.75, 3.05) is 26.3 Å². The molecule has 0 aromatic heterocycles. The maximum absolute atomic E-state index is 13.3. The topological polar surface area (TPSA) is 108 Å². The molecule has 10 heteroatoms. The van der Waals surface area contributed by atoms with E-state index < -0.39 is 22.0 Å². The number of hydrogen-bond acceptors (Lipinski definition) is 6. The van der Waals surface area contributed by atoms with Crippen molar-refractivity contribution in [3.63, 3.8) is 0 Å². The highest BCUT2D eigenvalue weighted by Gasteiger charge is 2.41. The summed E-state index contributed by atoms with van der Waals surface area (Å²) < 4.78 is 33.0. The Morgan fingerprint density at radius 1 is 1.17 bits per heavy atom. The minimum absolute atomic E-state index is 0.0448. The number of benzene rings is 1. The van der Waals surface area contributed by atoms with Crippen LogP contribution in [0.5, 0.6) is 0 Å². The number of nitrogens with zero attached hydrogens (tertiary/aromatic N) is 2. The van der Waals surface area contributed by atoms with Crippen molar-refractivity contribution in [2.45, 2.75) is 69.5 Å². The molecule has 192 valence electrons. The average molecular weight is 505 g/mol. The number of aryl methyl sites for hydroxylation is 1. The molecular formula is C25H36N4O5S. The van der Waals surface area contributed by atoms with Gasteiger partial charge < -0.3 is 15.4 Å². The Labute approximate surface area is 207 Å². The summed E-state index contributed by atoms with van der Waals surface area (Å²) >= 11 is 0. The zero-order valence-electron chi connectivity index (χ0n) is 20.7. The maximum Gasteiger partial charge on any atom is 0.264 e. The first-order valence-electron chi connectivity index (χ1n) is 12.3. The smallest absolute Gasteiger partial charge is 0.264 e. The third-order valence-corrected chi connectivity index (χ3v) is 9.22. The lowest BCUT2D eigenvalue weighted by Crippen LogP contribution is -2.56. The minimum atomic E-state index is -3.99. The quantitative estimate of drug-likeness (QED) is 0.611. The number of ether oxygens (including phenoxy) is 1. The monoisotopic (exact) mass is 504 g/mol. The molecule has 3 aliphatic rings. The van der Waals surface area contributed by atoms with E-state index in [2.05, 4.69) is 29.4 Å². The Morgan fingerprint density at radius 2 is 1.86 bits per heavy atom. The van der Waals surface area contributed by atoms with Gasteiger partial charge in [-0.3, -0.25) is 18.8 Å². The van der Waals surface area contributed by atoms with Crippen molar-refractivity contribution in [3.05, 3.63) is 42.2 Å². The molecule has 0 bridgehead atoms. The SMILES string of the molecule is Cc1ccc(S(=O)(=O)N2C=CNC(=O)[C@H]2CC(=O)N[C@@H]2CC[C@H](N3CCOCC3)CC2(C)C)cc1. The van der Waals surface area contributed by atoms with Crippen molar-refractivity contribution >= 4 is 21.8 Å². The van der Waals surface area contributed by atoms with E-state index in [1.165, 1.54) is 24.5 Å². The summed E-state index contributed by atoms with van der Waals surface area (Å²) in [6.45, 7) is 9.59. The van der Waals surface area contributed by atoms with Crippen LogP contribution in [0.3, 0.4) is 0 Å². The third-order valence-electron chi connectivity index (χ3n) is 7.42. The fourth-order valence-electron chi connectivity index (χ4n) is 5.32. The predicted octanol–water partition coefficient (Wildman–Crippen LogP) is 1.74. The van der Waals surface area contributed by atoms with Gasteiger partial charge in [0, 0.05) is 37.6 Å². The molecule has 3 atom stereocenters. The Balaban J connectivity index is 1.42. The molecular weight excluding hydrogens is 468 g/mol. The molecule has 2 amide bonds. The molecule has 2 heterocycles. The predicted molar refractivity (Wildman–Crippen MR) is 132 cm³/mol. The zero-order chi connectivity index (χ0) is 25.2. The molecule has 1 saturated heterocycles. The number of hydrogen-bond donors (Lipinski definition) is 2. The van der Waals surface area contributed by atoms with Crippen LogP contribution in [0.15, 0.2) is 41.6 Å². The van der Waals surface area contributed by atoms with Crippen LogP contribution in [0.4, 0.5) is 0 Å². The van der Waals surface area contributed by atoms with Gasteiger partial charge in [-0.25, -0.2) is 8.42 Å². The maximum atomic E-state index is 13.3. The highest BCUT2D eigenvalue weighted by Crippen LogP contribution is 2.38. The van der Waals surface area contributed by atoms with Crippen LogP contribution in [-0.4, -0.2) is 73.9 Å². The van der Waals surface area contributed by atoms with E-state index in [4.69, 9.17) is 4.74 Å². The second-order valence-corrected chi connectivity index (χ2v) is 12.2. The second-order valence-electron chi connectivity index (χ2n) is 10.4. The number of carbonyl (C=O) groups is 2. The first-order chi connectivity index (χ1) is 16.6. The number of amides is 2. The molecule has 1 saturated carbocycles. The molecule has 9 nitrogen and oxygen atoms in total. The van der Waals surface area contributed by atoms with Crippen LogP contribution in [0, 0.1) is 12.3 Å². The first-order valence-corrected chi connectivity index (χ1v) is 13.7. The van der Waals surface area contributed by atoms with Crippen LogP contribution in [0.1, 0.15) is 45.1 Å². The molecule has 4 rings (SSSR count). The summed E-state index contributed by atoms with van der Waals surface area (Å²) in [7, 11) is -3.99. The van der Waals surface area contributed by atoms with Crippen LogP contribution in [0.2, 0.25) is 0 Å². The summed E-state index contributed by atoms with van der Waals surface area (Å²) in [4.78, 5) is 28.3. The summed E-state index contributed by atoms with van der Waals surface area (Å²) in [5, 5.41) is 5.65. The number of nitrogens with one attached hydrogen (secondary N) is 2. The highest BCUT2D eigenvalue weighted by atomic mass is 32.2. The molecule has 2 aliphatic heterocycles. The molecule has 2 fully saturated rings. The van der Waals surface area contributed by atoms with Gasteiger partial charge in [-0.2, -0.15) is 0 Å². The molecule has 0 spiro atoms.